The number of hydrogen-bond donors (Lipinski definition) is 1. The maximum atomic E-state index is 5.23. The number of fused-ring (bicyclic) bond motifs is 1. The topological polar surface area (TPSA) is 34.2 Å². The Morgan fingerprint density at radius 1 is 1.35 bits per heavy atom. The van der Waals surface area contributed by atoms with Gasteiger partial charge in [-0.1, -0.05) is 12.1 Å². The van der Waals surface area contributed by atoms with E-state index < -0.39 is 0 Å². The van der Waals surface area contributed by atoms with Gasteiger partial charge in [-0.2, -0.15) is 0 Å². The lowest BCUT2D eigenvalue weighted by Gasteiger charge is -2.07. The first kappa shape index (κ1) is 11.9. The molecule has 0 radical (unpaired) electrons. The van der Waals surface area contributed by atoms with Crippen molar-refractivity contribution >= 4 is 10.9 Å². The number of ether oxygens (including phenoxy) is 1. The number of rotatable bonds is 5. The normalized spacial score (nSPS) is 10.7. The van der Waals surface area contributed by atoms with Gasteiger partial charge in [0.25, 0.3) is 0 Å². The number of nitrogens with one attached hydrogen (secondary N) is 1. The Balaban J connectivity index is 2.33. The SMILES string of the molecule is CNCCCc1cccc2ncc(OC)cc12. The van der Waals surface area contributed by atoms with E-state index in [4.69, 9.17) is 4.74 Å². The molecule has 1 aromatic heterocycles. The lowest BCUT2D eigenvalue weighted by atomic mass is 10.0. The van der Waals surface area contributed by atoms with Gasteiger partial charge in [-0.15, -0.1) is 0 Å². The monoisotopic (exact) mass is 230 g/mol. The molecule has 90 valence electrons. The third kappa shape index (κ3) is 2.74. The van der Waals surface area contributed by atoms with E-state index in [9.17, 15) is 0 Å². The molecule has 3 heteroatoms. The van der Waals surface area contributed by atoms with Crippen molar-refractivity contribution in [1.29, 1.82) is 0 Å². The Morgan fingerprint density at radius 3 is 3.00 bits per heavy atom. The van der Waals surface area contributed by atoms with Crippen LogP contribution < -0.4 is 10.1 Å². The van der Waals surface area contributed by atoms with Crippen LogP contribution in [0.4, 0.5) is 0 Å². The quantitative estimate of drug-likeness (QED) is 0.801. The molecule has 1 aromatic carbocycles. The van der Waals surface area contributed by atoms with Crippen LogP contribution in [0, 0.1) is 0 Å². The van der Waals surface area contributed by atoms with Crippen LogP contribution in [0.3, 0.4) is 0 Å². The molecule has 3 nitrogen and oxygen atoms in total. The first-order valence-electron chi connectivity index (χ1n) is 5.91. The van der Waals surface area contributed by atoms with Gasteiger partial charge < -0.3 is 10.1 Å². The van der Waals surface area contributed by atoms with Gasteiger partial charge in [-0.25, -0.2) is 0 Å². The fourth-order valence-electron chi connectivity index (χ4n) is 1.98. The summed E-state index contributed by atoms with van der Waals surface area (Å²) in [6.07, 6.45) is 3.96. The van der Waals surface area contributed by atoms with Crippen molar-refractivity contribution in [3.05, 3.63) is 36.0 Å². The minimum atomic E-state index is 0.818. The second-order valence-electron chi connectivity index (χ2n) is 4.07. The van der Waals surface area contributed by atoms with E-state index in [2.05, 4.69) is 28.5 Å². The lowest BCUT2D eigenvalue weighted by molar-refractivity contribution is 0.413. The van der Waals surface area contributed by atoms with Crippen LogP contribution in [0.5, 0.6) is 5.75 Å². The van der Waals surface area contributed by atoms with Gasteiger partial charge in [0, 0.05) is 5.39 Å². The van der Waals surface area contributed by atoms with Crippen LogP contribution in [0.15, 0.2) is 30.5 Å². The largest absolute Gasteiger partial charge is 0.495 e. The van der Waals surface area contributed by atoms with Gasteiger partial charge in [0.15, 0.2) is 0 Å². The predicted octanol–water partition coefficient (Wildman–Crippen LogP) is 2.40. The van der Waals surface area contributed by atoms with Crippen LogP contribution in [-0.2, 0) is 6.42 Å². The third-order valence-corrected chi connectivity index (χ3v) is 2.90. The highest BCUT2D eigenvalue weighted by molar-refractivity contribution is 5.83. The molecular formula is C14H18N2O. The summed E-state index contributed by atoms with van der Waals surface area (Å²) >= 11 is 0. The second kappa shape index (κ2) is 5.64. The number of pyridine rings is 1. The molecule has 0 amide bonds. The summed E-state index contributed by atoms with van der Waals surface area (Å²) in [4.78, 5) is 4.40. The summed E-state index contributed by atoms with van der Waals surface area (Å²) in [6, 6.07) is 8.34. The van der Waals surface area contributed by atoms with Gasteiger partial charge in [0.2, 0.25) is 0 Å². The van der Waals surface area contributed by atoms with Crippen LogP contribution in [0.25, 0.3) is 10.9 Å². The van der Waals surface area contributed by atoms with E-state index in [-0.39, 0.29) is 0 Å². The van der Waals surface area contributed by atoms with Crippen molar-refractivity contribution in [2.75, 3.05) is 20.7 Å². The summed E-state index contributed by atoms with van der Waals surface area (Å²) in [6.45, 7) is 1.04. The minimum absolute atomic E-state index is 0.818. The highest BCUT2D eigenvalue weighted by Gasteiger charge is 2.03. The number of methoxy groups -OCH3 is 1. The Labute approximate surface area is 102 Å². The molecule has 1 heterocycles. The maximum Gasteiger partial charge on any atom is 0.137 e. The number of aryl methyl sites for hydroxylation is 1. The Bertz CT molecular complexity index is 497. The van der Waals surface area contributed by atoms with Gasteiger partial charge in [0.1, 0.15) is 5.75 Å². The van der Waals surface area contributed by atoms with E-state index >= 15 is 0 Å². The Kier molecular flexibility index (Phi) is 3.94. The van der Waals surface area contributed by atoms with E-state index in [0.717, 1.165) is 30.7 Å². The molecule has 0 aliphatic rings. The van der Waals surface area contributed by atoms with Crippen LogP contribution >= 0.6 is 0 Å². The number of hydrogen-bond acceptors (Lipinski definition) is 3. The fourth-order valence-corrected chi connectivity index (χ4v) is 1.98. The third-order valence-electron chi connectivity index (χ3n) is 2.90. The number of benzene rings is 1. The molecule has 0 aliphatic carbocycles. The highest BCUT2D eigenvalue weighted by atomic mass is 16.5. The van der Waals surface area contributed by atoms with Gasteiger partial charge in [0.05, 0.1) is 18.8 Å². The molecule has 0 aliphatic heterocycles. The second-order valence-corrected chi connectivity index (χ2v) is 4.07. The maximum absolute atomic E-state index is 5.23. The van der Waals surface area contributed by atoms with Crippen molar-refractivity contribution in [2.24, 2.45) is 0 Å². The summed E-state index contributed by atoms with van der Waals surface area (Å²) in [5.41, 5.74) is 2.37. The molecule has 0 fully saturated rings. The average molecular weight is 230 g/mol. The molecule has 0 spiro atoms. The standard InChI is InChI=1S/C14H18N2O/c1-15-8-4-6-11-5-3-7-14-13(11)9-12(17-2)10-16-14/h3,5,7,9-10,15H,4,6,8H2,1-2H3. The van der Waals surface area contributed by atoms with E-state index in [0.29, 0.717) is 0 Å². The van der Waals surface area contributed by atoms with E-state index in [1.807, 2.05) is 13.1 Å². The molecule has 0 saturated heterocycles. The number of nitrogens with zero attached hydrogens (tertiary/aromatic N) is 1. The summed E-state index contributed by atoms with van der Waals surface area (Å²) in [5, 5.41) is 4.37. The van der Waals surface area contributed by atoms with Crippen molar-refractivity contribution in [3.63, 3.8) is 0 Å². The molecule has 17 heavy (non-hydrogen) atoms. The van der Waals surface area contributed by atoms with Crippen molar-refractivity contribution < 1.29 is 4.74 Å². The zero-order valence-electron chi connectivity index (χ0n) is 10.4. The first-order valence-corrected chi connectivity index (χ1v) is 5.91. The van der Waals surface area contributed by atoms with Gasteiger partial charge >= 0.3 is 0 Å². The predicted molar refractivity (Wildman–Crippen MR) is 70.5 cm³/mol. The van der Waals surface area contributed by atoms with Crippen molar-refractivity contribution in [1.82, 2.24) is 10.3 Å². The molecule has 2 aromatic rings. The Hall–Kier alpha value is -1.61. The lowest BCUT2D eigenvalue weighted by Crippen LogP contribution is -2.08. The zero-order valence-corrected chi connectivity index (χ0v) is 10.4. The first-order chi connectivity index (χ1) is 8.35. The van der Waals surface area contributed by atoms with Crippen molar-refractivity contribution in [3.8, 4) is 5.75 Å². The van der Waals surface area contributed by atoms with E-state index in [1.54, 1.807) is 13.3 Å². The Morgan fingerprint density at radius 2 is 2.24 bits per heavy atom. The smallest absolute Gasteiger partial charge is 0.137 e. The minimum Gasteiger partial charge on any atom is -0.495 e. The molecular weight excluding hydrogens is 212 g/mol. The average Bonchev–Trinajstić information content (AvgIpc) is 2.39. The van der Waals surface area contributed by atoms with Gasteiger partial charge in [-0.3, -0.25) is 4.98 Å². The van der Waals surface area contributed by atoms with Crippen molar-refractivity contribution in [2.45, 2.75) is 12.8 Å². The zero-order chi connectivity index (χ0) is 12.1. The molecule has 1 N–H and O–H groups in total. The molecule has 0 unspecified atom stereocenters. The van der Waals surface area contributed by atoms with E-state index in [1.165, 1.54) is 10.9 Å². The molecule has 2 rings (SSSR count). The fraction of sp³-hybridized carbons (Fsp3) is 0.357. The number of aromatic nitrogens is 1. The van der Waals surface area contributed by atoms with Crippen LogP contribution in [0.1, 0.15) is 12.0 Å². The molecule has 0 bridgehead atoms. The van der Waals surface area contributed by atoms with Crippen LogP contribution in [0.2, 0.25) is 0 Å². The van der Waals surface area contributed by atoms with Crippen LogP contribution in [-0.4, -0.2) is 25.7 Å². The summed E-state index contributed by atoms with van der Waals surface area (Å²) < 4.78 is 5.23. The summed E-state index contributed by atoms with van der Waals surface area (Å²) in [7, 11) is 3.65. The van der Waals surface area contributed by atoms with Gasteiger partial charge in [-0.05, 0) is 44.1 Å². The molecule has 0 saturated carbocycles. The molecule has 0 atom stereocenters. The summed E-state index contributed by atoms with van der Waals surface area (Å²) in [5.74, 6) is 0.818. The highest BCUT2D eigenvalue weighted by Crippen LogP contribution is 2.22.